The van der Waals surface area contributed by atoms with Gasteiger partial charge in [0, 0.05) is 24.2 Å². The van der Waals surface area contributed by atoms with Crippen LogP contribution >= 0.6 is 0 Å². The van der Waals surface area contributed by atoms with Crippen LogP contribution in [0.2, 0.25) is 0 Å². The van der Waals surface area contributed by atoms with E-state index < -0.39 is 0 Å². The van der Waals surface area contributed by atoms with Crippen LogP contribution in [0.4, 0.5) is 0 Å². The number of nitrogens with one attached hydrogen (secondary N) is 1. The van der Waals surface area contributed by atoms with E-state index in [1.165, 1.54) is 29.5 Å². The molecule has 0 bridgehead atoms. The van der Waals surface area contributed by atoms with Crippen LogP contribution in [0.25, 0.3) is 10.8 Å². The zero-order valence-electron chi connectivity index (χ0n) is 19.7. The van der Waals surface area contributed by atoms with Crippen LogP contribution in [0.3, 0.4) is 0 Å². The van der Waals surface area contributed by atoms with Crippen LogP contribution in [0.5, 0.6) is 0 Å². The van der Waals surface area contributed by atoms with E-state index >= 15 is 0 Å². The number of fused-ring (bicyclic) bond motifs is 2. The summed E-state index contributed by atoms with van der Waals surface area (Å²) >= 11 is 0. The first-order valence-electron chi connectivity index (χ1n) is 12.1. The summed E-state index contributed by atoms with van der Waals surface area (Å²) in [5, 5.41) is 10.1. The first kappa shape index (κ1) is 21.2. The van der Waals surface area contributed by atoms with Gasteiger partial charge in [0.25, 0.3) is 0 Å². The maximum absolute atomic E-state index is 7.67. The van der Waals surface area contributed by atoms with Gasteiger partial charge < -0.3 is 5.73 Å². The number of hydrogen-bond donors (Lipinski definition) is 2. The van der Waals surface area contributed by atoms with E-state index in [2.05, 4.69) is 75.1 Å². The fourth-order valence-corrected chi connectivity index (χ4v) is 5.83. The van der Waals surface area contributed by atoms with Crippen LogP contribution in [-0.4, -0.2) is 23.3 Å². The van der Waals surface area contributed by atoms with Crippen molar-refractivity contribution >= 4 is 16.6 Å². The summed E-state index contributed by atoms with van der Waals surface area (Å²) in [6.45, 7) is 10.6. The summed E-state index contributed by atoms with van der Waals surface area (Å²) in [4.78, 5) is 2.69. The Balaban J connectivity index is 1.42. The monoisotopic (exact) mass is 425 g/mol. The third-order valence-corrected chi connectivity index (χ3v) is 7.60. The molecule has 3 atom stereocenters. The Morgan fingerprint density at radius 2 is 1.56 bits per heavy atom. The van der Waals surface area contributed by atoms with Gasteiger partial charge in [-0.2, -0.15) is 0 Å². The highest BCUT2D eigenvalue weighted by Gasteiger charge is 2.40. The number of nitrogens with zero attached hydrogens (tertiary/aromatic N) is 1. The molecule has 32 heavy (non-hydrogen) atoms. The number of nitrogens with two attached hydrogens (primary N) is 1. The Kier molecular flexibility index (Phi) is 5.33. The third kappa shape index (κ3) is 3.73. The minimum absolute atomic E-state index is 0.126. The van der Waals surface area contributed by atoms with Crippen LogP contribution in [0.15, 0.2) is 54.6 Å². The van der Waals surface area contributed by atoms with Gasteiger partial charge in [-0.3, -0.25) is 10.3 Å². The number of hydrogen-bond acceptors (Lipinski definition) is 2. The third-order valence-electron chi connectivity index (χ3n) is 7.60. The van der Waals surface area contributed by atoms with Gasteiger partial charge in [0.05, 0.1) is 0 Å². The first-order valence-corrected chi connectivity index (χ1v) is 12.1. The Morgan fingerprint density at radius 1 is 0.906 bits per heavy atom. The molecule has 2 aliphatic rings. The van der Waals surface area contributed by atoms with Crippen LogP contribution < -0.4 is 5.73 Å². The van der Waals surface area contributed by atoms with Crippen molar-refractivity contribution in [2.45, 2.75) is 64.5 Å². The quantitative estimate of drug-likeness (QED) is 0.369. The minimum atomic E-state index is 0.126. The zero-order chi connectivity index (χ0) is 22.6. The van der Waals surface area contributed by atoms with Crippen molar-refractivity contribution in [2.75, 3.05) is 6.54 Å². The SMILES string of the molecule is CC(C)C1c2cc(C3CC3c3ccc4cc(C(=N)N)ccc4c3)ccc2CCN1C(C)C. The first-order chi connectivity index (χ1) is 15.3. The van der Waals surface area contributed by atoms with Gasteiger partial charge in [-0.05, 0) is 83.5 Å². The molecule has 0 amide bonds. The van der Waals surface area contributed by atoms with Gasteiger partial charge in [0.1, 0.15) is 5.84 Å². The number of rotatable bonds is 5. The van der Waals surface area contributed by atoms with E-state index in [0.717, 1.165) is 17.4 Å². The molecule has 3 N–H and O–H groups in total. The van der Waals surface area contributed by atoms with Gasteiger partial charge in [0.15, 0.2) is 0 Å². The van der Waals surface area contributed by atoms with Crippen molar-refractivity contribution in [3.8, 4) is 0 Å². The fourth-order valence-electron chi connectivity index (χ4n) is 5.83. The molecule has 0 aromatic heterocycles. The van der Waals surface area contributed by atoms with E-state index in [0.29, 0.717) is 29.8 Å². The second-order valence-corrected chi connectivity index (χ2v) is 10.4. The molecule has 3 aromatic carbocycles. The molecule has 166 valence electrons. The van der Waals surface area contributed by atoms with Crippen molar-refractivity contribution in [2.24, 2.45) is 11.7 Å². The molecule has 3 nitrogen and oxygen atoms in total. The standard InChI is InChI=1S/C29H35N3/c1-17(2)28-27-15-23(8-5-19(27)11-12-32(28)18(3)4)26-16-25(26)22-9-6-21-14-24(29(30)31)10-7-20(21)13-22/h5-10,13-15,17-18,25-26,28H,11-12,16H2,1-4H3,(H3,30,31). The normalized spacial score (nSPS) is 23.0. The largest absolute Gasteiger partial charge is 0.384 e. The molecule has 1 aliphatic carbocycles. The second kappa shape index (κ2) is 8.04. The Hall–Kier alpha value is -2.65. The summed E-state index contributed by atoms with van der Waals surface area (Å²) < 4.78 is 0. The van der Waals surface area contributed by atoms with Gasteiger partial charge in [-0.15, -0.1) is 0 Å². The highest BCUT2D eigenvalue weighted by atomic mass is 15.2. The Morgan fingerprint density at radius 3 is 2.25 bits per heavy atom. The highest BCUT2D eigenvalue weighted by molar-refractivity contribution is 5.99. The molecule has 5 rings (SSSR count). The highest BCUT2D eigenvalue weighted by Crippen LogP contribution is 2.55. The van der Waals surface area contributed by atoms with E-state index in [4.69, 9.17) is 11.1 Å². The molecule has 0 radical (unpaired) electrons. The molecule has 1 saturated carbocycles. The average Bonchev–Trinajstić information content (AvgIpc) is 3.57. The Labute approximate surface area is 192 Å². The summed E-state index contributed by atoms with van der Waals surface area (Å²) in [6.07, 6.45) is 2.40. The summed E-state index contributed by atoms with van der Waals surface area (Å²) in [6, 6.07) is 21.3. The molecular weight excluding hydrogens is 390 g/mol. The van der Waals surface area contributed by atoms with Crippen LogP contribution in [0, 0.1) is 11.3 Å². The lowest BCUT2D eigenvalue weighted by Crippen LogP contribution is -2.42. The second-order valence-electron chi connectivity index (χ2n) is 10.4. The van der Waals surface area contributed by atoms with E-state index in [1.54, 1.807) is 11.1 Å². The molecule has 1 heterocycles. The van der Waals surface area contributed by atoms with E-state index in [-0.39, 0.29) is 5.84 Å². The summed E-state index contributed by atoms with van der Waals surface area (Å²) in [5.41, 5.74) is 12.5. The smallest absolute Gasteiger partial charge is 0.122 e. The summed E-state index contributed by atoms with van der Waals surface area (Å²) in [5.74, 6) is 1.96. The topological polar surface area (TPSA) is 53.1 Å². The molecule has 0 spiro atoms. The molecule has 3 unspecified atom stereocenters. The van der Waals surface area contributed by atoms with Gasteiger partial charge in [0.2, 0.25) is 0 Å². The van der Waals surface area contributed by atoms with Crippen LogP contribution in [0.1, 0.15) is 79.8 Å². The van der Waals surface area contributed by atoms with Crippen molar-refractivity contribution in [1.29, 1.82) is 5.41 Å². The van der Waals surface area contributed by atoms with Crippen molar-refractivity contribution in [3.05, 3.63) is 82.4 Å². The molecule has 1 fully saturated rings. The lowest BCUT2D eigenvalue weighted by atomic mass is 9.84. The van der Waals surface area contributed by atoms with Crippen molar-refractivity contribution in [1.82, 2.24) is 4.90 Å². The van der Waals surface area contributed by atoms with Gasteiger partial charge in [-0.1, -0.05) is 62.4 Å². The molecule has 3 heteroatoms. The number of nitrogen functional groups attached to an aromatic ring is 1. The number of benzene rings is 3. The predicted molar refractivity (Wildman–Crippen MR) is 135 cm³/mol. The van der Waals surface area contributed by atoms with Gasteiger partial charge in [-0.25, -0.2) is 0 Å². The maximum Gasteiger partial charge on any atom is 0.122 e. The van der Waals surface area contributed by atoms with E-state index in [1.807, 2.05) is 12.1 Å². The lowest BCUT2D eigenvalue weighted by Gasteiger charge is -2.42. The molecule has 1 aliphatic heterocycles. The van der Waals surface area contributed by atoms with E-state index in [9.17, 15) is 0 Å². The molecular formula is C29H35N3. The minimum Gasteiger partial charge on any atom is -0.384 e. The maximum atomic E-state index is 7.67. The van der Waals surface area contributed by atoms with Crippen molar-refractivity contribution < 1.29 is 0 Å². The van der Waals surface area contributed by atoms with Crippen molar-refractivity contribution in [3.63, 3.8) is 0 Å². The van der Waals surface area contributed by atoms with Gasteiger partial charge >= 0.3 is 0 Å². The Bertz CT molecular complexity index is 1180. The molecule has 0 saturated heterocycles. The molecule has 3 aromatic rings. The lowest BCUT2D eigenvalue weighted by molar-refractivity contribution is 0.108. The predicted octanol–water partition coefficient (Wildman–Crippen LogP) is 6.36. The summed E-state index contributed by atoms with van der Waals surface area (Å²) in [7, 11) is 0. The zero-order valence-corrected chi connectivity index (χ0v) is 19.7. The van der Waals surface area contributed by atoms with Crippen LogP contribution in [-0.2, 0) is 6.42 Å². The average molecular weight is 426 g/mol. The number of amidine groups is 1. The fraction of sp³-hybridized carbons (Fsp3) is 0.414.